The Kier molecular flexibility index (Phi) is 3.84. The van der Waals surface area contributed by atoms with Gasteiger partial charge in [-0.05, 0) is 34.1 Å². The molecule has 1 aliphatic heterocycles. The van der Waals surface area contributed by atoms with Gasteiger partial charge in [-0.3, -0.25) is 4.79 Å². The number of amides is 1. The summed E-state index contributed by atoms with van der Waals surface area (Å²) in [5, 5.41) is 2.92. The van der Waals surface area contributed by atoms with E-state index in [1.54, 1.807) is 13.2 Å². The fourth-order valence-corrected chi connectivity index (χ4v) is 2.67. The Hall–Kier alpha value is -2.01. The highest BCUT2D eigenvalue weighted by molar-refractivity contribution is 9.10. The van der Waals surface area contributed by atoms with Crippen LogP contribution in [0.15, 0.2) is 46.9 Å². The Bertz CT molecular complexity index is 687. The van der Waals surface area contributed by atoms with Gasteiger partial charge in [-0.2, -0.15) is 0 Å². The first kappa shape index (κ1) is 13.9. The van der Waals surface area contributed by atoms with Crippen molar-refractivity contribution in [3.8, 4) is 11.5 Å². The Labute approximate surface area is 131 Å². The number of hydrogen-bond donors (Lipinski definition) is 1. The lowest BCUT2D eigenvalue weighted by Crippen LogP contribution is -2.22. The number of carbonyl (C=O) groups excluding carboxylic acids is 1. The minimum absolute atomic E-state index is 0.0890. The zero-order chi connectivity index (χ0) is 14.8. The van der Waals surface area contributed by atoms with Gasteiger partial charge in [0, 0.05) is 16.1 Å². The van der Waals surface area contributed by atoms with Gasteiger partial charge in [0.15, 0.2) is 0 Å². The molecule has 108 valence electrons. The number of carbonyl (C=O) groups is 1. The van der Waals surface area contributed by atoms with Gasteiger partial charge in [-0.25, -0.2) is 0 Å². The van der Waals surface area contributed by atoms with Crippen LogP contribution in [0.2, 0.25) is 0 Å². The number of halogens is 1. The molecule has 0 radical (unpaired) electrons. The summed E-state index contributed by atoms with van der Waals surface area (Å²) in [5.74, 6) is 1.09. The van der Waals surface area contributed by atoms with Gasteiger partial charge in [0.25, 0.3) is 0 Å². The molecule has 1 N–H and O–H groups in total. The number of nitrogens with one attached hydrogen (secondary N) is 1. The van der Waals surface area contributed by atoms with Crippen LogP contribution in [0.4, 0.5) is 5.69 Å². The second kappa shape index (κ2) is 5.77. The van der Waals surface area contributed by atoms with Crippen molar-refractivity contribution in [1.82, 2.24) is 0 Å². The maximum atomic E-state index is 12.5. The Morgan fingerprint density at radius 1 is 1.33 bits per heavy atom. The smallest absolute Gasteiger partial charge is 0.235 e. The molecule has 0 spiro atoms. The van der Waals surface area contributed by atoms with E-state index in [0.29, 0.717) is 18.0 Å². The normalized spacial score (nSPS) is 16.0. The van der Waals surface area contributed by atoms with Crippen LogP contribution in [-0.4, -0.2) is 19.6 Å². The lowest BCUT2D eigenvalue weighted by atomic mass is 10.0. The molecule has 4 nitrogen and oxygen atoms in total. The molecule has 2 aromatic carbocycles. The summed E-state index contributed by atoms with van der Waals surface area (Å²) < 4.78 is 11.5. The number of rotatable bonds is 3. The quantitative estimate of drug-likeness (QED) is 0.923. The van der Waals surface area contributed by atoms with Crippen LogP contribution in [-0.2, 0) is 4.79 Å². The van der Waals surface area contributed by atoms with Crippen molar-refractivity contribution in [1.29, 1.82) is 0 Å². The minimum atomic E-state index is -0.292. The number of anilines is 1. The summed E-state index contributed by atoms with van der Waals surface area (Å²) in [4.78, 5) is 12.5. The molecule has 1 amide bonds. The van der Waals surface area contributed by atoms with Crippen molar-refractivity contribution in [2.45, 2.75) is 5.92 Å². The number of methoxy groups -OCH3 is 1. The first-order valence-electron chi connectivity index (χ1n) is 6.55. The van der Waals surface area contributed by atoms with E-state index in [4.69, 9.17) is 9.47 Å². The molecule has 1 heterocycles. The molecule has 0 fully saturated rings. The molecule has 2 aromatic rings. The first-order chi connectivity index (χ1) is 10.2. The van der Waals surface area contributed by atoms with Crippen molar-refractivity contribution in [3.63, 3.8) is 0 Å². The lowest BCUT2D eigenvalue weighted by molar-refractivity contribution is -0.117. The molecule has 1 atom stereocenters. The van der Waals surface area contributed by atoms with Crippen molar-refractivity contribution in [2.75, 3.05) is 19.0 Å². The fourth-order valence-electron chi connectivity index (χ4n) is 2.33. The molecular formula is C16H14BrNO3. The van der Waals surface area contributed by atoms with E-state index in [2.05, 4.69) is 21.2 Å². The van der Waals surface area contributed by atoms with Crippen LogP contribution in [0.5, 0.6) is 11.5 Å². The molecule has 0 aromatic heterocycles. The molecule has 0 saturated carbocycles. The van der Waals surface area contributed by atoms with E-state index in [9.17, 15) is 4.79 Å². The van der Waals surface area contributed by atoms with E-state index < -0.39 is 0 Å². The summed E-state index contributed by atoms with van der Waals surface area (Å²) >= 11 is 3.43. The average molecular weight is 348 g/mol. The largest absolute Gasteiger partial charge is 0.497 e. The molecule has 0 saturated heterocycles. The summed E-state index contributed by atoms with van der Waals surface area (Å²) in [6.07, 6.45) is 0. The second-order valence-electron chi connectivity index (χ2n) is 4.74. The Morgan fingerprint density at radius 3 is 2.95 bits per heavy atom. The number of para-hydroxylation sites is 1. The molecule has 5 heteroatoms. The van der Waals surface area contributed by atoms with Crippen molar-refractivity contribution < 1.29 is 14.3 Å². The van der Waals surface area contributed by atoms with E-state index in [1.165, 1.54) is 0 Å². The third kappa shape index (κ3) is 2.74. The third-order valence-electron chi connectivity index (χ3n) is 3.45. The fraction of sp³-hybridized carbons (Fsp3) is 0.188. The predicted octanol–water partition coefficient (Wildman–Crippen LogP) is 3.57. The molecule has 0 aliphatic carbocycles. The molecule has 0 bridgehead atoms. The summed E-state index contributed by atoms with van der Waals surface area (Å²) in [6.45, 7) is 0.368. The Balaban J connectivity index is 1.82. The number of ether oxygens (including phenoxy) is 2. The standard InChI is InChI=1S/C16H14BrNO3/c1-20-10-6-7-13(17)14(8-10)18-16(19)12-9-21-15-5-3-2-4-11(12)15/h2-8,12H,9H2,1H3,(H,18,19). The van der Waals surface area contributed by atoms with Crippen LogP contribution in [0.25, 0.3) is 0 Å². The maximum absolute atomic E-state index is 12.5. The molecular weight excluding hydrogens is 334 g/mol. The number of hydrogen-bond acceptors (Lipinski definition) is 3. The minimum Gasteiger partial charge on any atom is -0.497 e. The third-order valence-corrected chi connectivity index (χ3v) is 4.14. The first-order valence-corrected chi connectivity index (χ1v) is 7.34. The maximum Gasteiger partial charge on any atom is 0.235 e. The van der Waals surface area contributed by atoms with Crippen LogP contribution in [0.1, 0.15) is 11.5 Å². The zero-order valence-corrected chi connectivity index (χ0v) is 13.0. The van der Waals surface area contributed by atoms with Gasteiger partial charge in [0.05, 0.1) is 12.8 Å². The van der Waals surface area contributed by atoms with E-state index in [1.807, 2.05) is 36.4 Å². The van der Waals surface area contributed by atoms with Crippen molar-refractivity contribution in [3.05, 3.63) is 52.5 Å². The van der Waals surface area contributed by atoms with Crippen molar-refractivity contribution >= 4 is 27.5 Å². The van der Waals surface area contributed by atoms with Gasteiger partial charge >= 0.3 is 0 Å². The summed E-state index contributed by atoms with van der Waals surface area (Å²) in [5.41, 5.74) is 1.61. The van der Waals surface area contributed by atoms with E-state index >= 15 is 0 Å². The van der Waals surface area contributed by atoms with Crippen LogP contribution in [0, 0.1) is 0 Å². The van der Waals surface area contributed by atoms with Gasteiger partial charge in [0.2, 0.25) is 5.91 Å². The predicted molar refractivity (Wildman–Crippen MR) is 84.0 cm³/mol. The monoisotopic (exact) mass is 347 g/mol. The van der Waals surface area contributed by atoms with Gasteiger partial charge in [-0.15, -0.1) is 0 Å². The number of fused-ring (bicyclic) bond motifs is 1. The number of benzene rings is 2. The van der Waals surface area contributed by atoms with Crippen LogP contribution in [0.3, 0.4) is 0 Å². The molecule has 1 aliphatic rings. The molecule has 21 heavy (non-hydrogen) atoms. The molecule has 3 rings (SSSR count). The van der Waals surface area contributed by atoms with E-state index in [-0.39, 0.29) is 11.8 Å². The second-order valence-corrected chi connectivity index (χ2v) is 5.59. The SMILES string of the molecule is COc1ccc(Br)c(NC(=O)C2COc3ccccc32)c1. The topological polar surface area (TPSA) is 47.6 Å². The van der Waals surface area contributed by atoms with Gasteiger partial charge < -0.3 is 14.8 Å². The van der Waals surface area contributed by atoms with Crippen LogP contribution < -0.4 is 14.8 Å². The highest BCUT2D eigenvalue weighted by Gasteiger charge is 2.30. The van der Waals surface area contributed by atoms with E-state index in [0.717, 1.165) is 15.8 Å². The highest BCUT2D eigenvalue weighted by Crippen LogP contribution is 2.35. The van der Waals surface area contributed by atoms with Gasteiger partial charge in [-0.1, -0.05) is 18.2 Å². The van der Waals surface area contributed by atoms with Crippen LogP contribution >= 0.6 is 15.9 Å². The summed E-state index contributed by atoms with van der Waals surface area (Å²) in [6, 6.07) is 13.1. The average Bonchev–Trinajstić information content (AvgIpc) is 2.93. The highest BCUT2D eigenvalue weighted by atomic mass is 79.9. The van der Waals surface area contributed by atoms with Crippen molar-refractivity contribution in [2.24, 2.45) is 0 Å². The lowest BCUT2D eigenvalue weighted by Gasteiger charge is -2.12. The Morgan fingerprint density at radius 2 is 2.14 bits per heavy atom. The van der Waals surface area contributed by atoms with Gasteiger partial charge in [0.1, 0.15) is 24.0 Å². The summed E-state index contributed by atoms with van der Waals surface area (Å²) in [7, 11) is 1.59. The molecule has 1 unspecified atom stereocenters. The zero-order valence-electron chi connectivity index (χ0n) is 11.4.